The van der Waals surface area contributed by atoms with Crippen molar-refractivity contribution in [3.8, 4) is 0 Å². The second-order valence-corrected chi connectivity index (χ2v) is 4.05. The van der Waals surface area contributed by atoms with Crippen molar-refractivity contribution in [1.82, 2.24) is 0 Å². The highest BCUT2D eigenvalue weighted by atomic mass is 16.4. The standard InChI is InChI=1S/C14H18O2/c1-3-13(14(15)16)10-11(2)9-12-7-5-4-6-8-12/h4-9,13H,3,10H2,1-2H3,(H,15,16). The summed E-state index contributed by atoms with van der Waals surface area (Å²) in [7, 11) is 0. The Balaban J connectivity index is 2.68. The fourth-order valence-electron chi connectivity index (χ4n) is 1.69. The number of carbonyl (C=O) groups is 1. The highest BCUT2D eigenvalue weighted by molar-refractivity contribution is 5.70. The van der Waals surface area contributed by atoms with Crippen LogP contribution in [0.15, 0.2) is 35.9 Å². The molecule has 0 aromatic heterocycles. The van der Waals surface area contributed by atoms with Crippen molar-refractivity contribution in [3.05, 3.63) is 41.5 Å². The fraction of sp³-hybridized carbons (Fsp3) is 0.357. The predicted octanol–water partition coefficient (Wildman–Crippen LogP) is 3.59. The first kappa shape index (κ1) is 12.5. The molecule has 2 nitrogen and oxygen atoms in total. The van der Waals surface area contributed by atoms with Crippen LogP contribution in [0.5, 0.6) is 0 Å². The summed E-state index contributed by atoms with van der Waals surface area (Å²) in [5.41, 5.74) is 2.24. The van der Waals surface area contributed by atoms with Gasteiger partial charge >= 0.3 is 5.97 Å². The van der Waals surface area contributed by atoms with Gasteiger partial charge in [0.15, 0.2) is 0 Å². The second-order valence-electron chi connectivity index (χ2n) is 4.05. The zero-order valence-corrected chi connectivity index (χ0v) is 9.81. The number of allylic oxidation sites excluding steroid dienone is 1. The Hall–Kier alpha value is -1.57. The van der Waals surface area contributed by atoms with Gasteiger partial charge in [0.2, 0.25) is 0 Å². The van der Waals surface area contributed by atoms with Gasteiger partial charge in [0.1, 0.15) is 0 Å². The third-order valence-electron chi connectivity index (χ3n) is 2.62. The van der Waals surface area contributed by atoms with E-state index in [1.807, 2.05) is 50.3 Å². The molecule has 1 atom stereocenters. The second kappa shape index (κ2) is 6.11. The van der Waals surface area contributed by atoms with Crippen LogP contribution in [0, 0.1) is 5.92 Å². The van der Waals surface area contributed by atoms with Gasteiger partial charge in [-0.3, -0.25) is 4.79 Å². The van der Waals surface area contributed by atoms with Crippen LogP contribution in [-0.4, -0.2) is 11.1 Å². The van der Waals surface area contributed by atoms with E-state index >= 15 is 0 Å². The molecule has 16 heavy (non-hydrogen) atoms. The highest BCUT2D eigenvalue weighted by Gasteiger charge is 2.14. The molecule has 0 bridgehead atoms. The van der Waals surface area contributed by atoms with Crippen molar-refractivity contribution < 1.29 is 9.90 Å². The summed E-state index contributed by atoms with van der Waals surface area (Å²) in [6, 6.07) is 9.97. The summed E-state index contributed by atoms with van der Waals surface area (Å²) in [6.07, 6.45) is 3.35. The van der Waals surface area contributed by atoms with E-state index in [0.29, 0.717) is 12.8 Å². The maximum atomic E-state index is 10.9. The largest absolute Gasteiger partial charge is 0.481 e. The molecular weight excluding hydrogens is 200 g/mol. The number of carboxylic acid groups (broad SMARTS) is 1. The first-order valence-electron chi connectivity index (χ1n) is 5.58. The zero-order valence-electron chi connectivity index (χ0n) is 9.81. The van der Waals surface area contributed by atoms with Gasteiger partial charge < -0.3 is 5.11 Å². The number of hydrogen-bond donors (Lipinski definition) is 1. The lowest BCUT2D eigenvalue weighted by Crippen LogP contribution is -2.12. The van der Waals surface area contributed by atoms with Crippen molar-refractivity contribution in [2.45, 2.75) is 26.7 Å². The molecule has 0 aliphatic rings. The van der Waals surface area contributed by atoms with Crippen molar-refractivity contribution in [2.75, 3.05) is 0 Å². The van der Waals surface area contributed by atoms with Crippen LogP contribution in [0.2, 0.25) is 0 Å². The molecule has 1 aromatic rings. The average molecular weight is 218 g/mol. The molecule has 0 fully saturated rings. The summed E-state index contributed by atoms with van der Waals surface area (Å²) < 4.78 is 0. The lowest BCUT2D eigenvalue weighted by atomic mass is 9.96. The van der Waals surface area contributed by atoms with E-state index in [9.17, 15) is 4.79 Å². The molecule has 2 heteroatoms. The molecule has 86 valence electrons. The van der Waals surface area contributed by atoms with Crippen LogP contribution in [0.3, 0.4) is 0 Å². The topological polar surface area (TPSA) is 37.3 Å². The van der Waals surface area contributed by atoms with E-state index in [2.05, 4.69) is 0 Å². The van der Waals surface area contributed by atoms with Gasteiger partial charge in [-0.15, -0.1) is 0 Å². The van der Waals surface area contributed by atoms with E-state index < -0.39 is 5.97 Å². The van der Waals surface area contributed by atoms with Crippen molar-refractivity contribution in [3.63, 3.8) is 0 Å². The van der Waals surface area contributed by atoms with Gasteiger partial charge in [-0.2, -0.15) is 0 Å². The van der Waals surface area contributed by atoms with E-state index in [0.717, 1.165) is 11.1 Å². The van der Waals surface area contributed by atoms with Crippen LogP contribution >= 0.6 is 0 Å². The Bertz CT molecular complexity index is 366. The number of hydrogen-bond acceptors (Lipinski definition) is 1. The lowest BCUT2D eigenvalue weighted by Gasteiger charge is -2.09. The normalized spacial score (nSPS) is 13.5. The number of rotatable bonds is 5. The van der Waals surface area contributed by atoms with Crippen molar-refractivity contribution >= 4 is 12.0 Å². The minimum Gasteiger partial charge on any atom is -0.481 e. The third kappa shape index (κ3) is 3.89. The van der Waals surface area contributed by atoms with E-state index in [1.54, 1.807) is 0 Å². The number of aliphatic carboxylic acids is 1. The summed E-state index contributed by atoms with van der Waals surface area (Å²) in [4.78, 5) is 10.9. The molecule has 0 aliphatic heterocycles. The molecule has 1 rings (SSSR count). The van der Waals surface area contributed by atoms with Gasteiger partial charge in [-0.1, -0.05) is 48.9 Å². The summed E-state index contributed by atoms with van der Waals surface area (Å²) in [5.74, 6) is -0.969. The first-order chi connectivity index (χ1) is 7.63. The predicted molar refractivity (Wildman–Crippen MR) is 66.1 cm³/mol. The van der Waals surface area contributed by atoms with Gasteiger partial charge in [-0.25, -0.2) is 0 Å². The maximum Gasteiger partial charge on any atom is 0.306 e. The van der Waals surface area contributed by atoms with Crippen molar-refractivity contribution in [2.24, 2.45) is 5.92 Å². The van der Waals surface area contributed by atoms with E-state index in [4.69, 9.17) is 5.11 Å². The maximum absolute atomic E-state index is 10.9. The zero-order chi connectivity index (χ0) is 12.0. The fourth-order valence-corrected chi connectivity index (χ4v) is 1.69. The van der Waals surface area contributed by atoms with Crippen LogP contribution in [0.4, 0.5) is 0 Å². The quantitative estimate of drug-likeness (QED) is 0.820. The summed E-state index contributed by atoms with van der Waals surface area (Å²) >= 11 is 0. The van der Waals surface area contributed by atoms with Gasteiger partial charge in [0.25, 0.3) is 0 Å². The molecule has 0 aliphatic carbocycles. The molecule has 1 unspecified atom stereocenters. The Morgan fingerprint density at radius 2 is 2.00 bits per heavy atom. The first-order valence-corrected chi connectivity index (χ1v) is 5.58. The SMILES string of the molecule is CCC(CC(C)=Cc1ccccc1)C(=O)O. The summed E-state index contributed by atoms with van der Waals surface area (Å²) in [6.45, 7) is 3.90. The molecule has 1 aromatic carbocycles. The Morgan fingerprint density at radius 1 is 1.38 bits per heavy atom. The Kier molecular flexibility index (Phi) is 4.77. The molecule has 0 saturated carbocycles. The molecule has 0 amide bonds. The van der Waals surface area contributed by atoms with Crippen LogP contribution in [0.25, 0.3) is 6.08 Å². The Labute approximate surface area is 96.6 Å². The monoisotopic (exact) mass is 218 g/mol. The molecule has 0 spiro atoms. The average Bonchev–Trinajstić information content (AvgIpc) is 2.27. The molecule has 1 N–H and O–H groups in total. The van der Waals surface area contributed by atoms with Crippen molar-refractivity contribution in [1.29, 1.82) is 0 Å². The molecular formula is C14H18O2. The minimum absolute atomic E-state index is 0.264. The van der Waals surface area contributed by atoms with Gasteiger partial charge in [0, 0.05) is 0 Å². The minimum atomic E-state index is -0.705. The van der Waals surface area contributed by atoms with Gasteiger partial charge in [0.05, 0.1) is 5.92 Å². The van der Waals surface area contributed by atoms with Gasteiger partial charge in [-0.05, 0) is 25.3 Å². The van der Waals surface area contributed by atoms with Crippen LogP contribution in [0.1, 0.15) is 32.3 Å². The molecule has 0 heterocycles. The highest BCUT2D eigenvalue weighted by Crippen LogP contribution is 2.17. The lowest BCUT2D eigenvalue weighted by molar-refractivity contribution is -0.141. The van der Waals surface area contributed by atoms with Crippen LogP contribution < -0.4 is 0 Å². The van der Waals surface area contributed by atoms with Crippen LogP contribution in [-0.2, 0) is 4.79 Å². The third-order valence-corrected chi connectivity index (χ3v) is 2.62. The molecule has 0 saturated heterocycles. The Morgan fingerprint density at radius 3 is 2.50 bits per heavy atom. The summed E-state index contributed by atoms with van der Waals surface area (Å²) in [5, 5.41) is 8.96. The van der Waals surface area contributed by atoms with E-state index in [1.165, 1.54) is 0 Å². The smallest absolute Gasteiger partial charge is 0.306 e. The number of benzene rings is 1. The van der Waals surface area contributed by atoms with E-state index in [-0.39, 0.29) is 5.92 Å². The number of carboxylic acids is 1. The molecule has 0 radical (unpaired) electrons.